The Kier molecular flexibility index (Phi) is 7.14. The van der Waals surface area contributed by atoms with E-state index < -0.39 is 0 Å². The molecular formula is C24H28N4O2. The molecule has 3 aromatic rings. The average Bonchev–Trinajstić information content (AvgIpc) is 2.79. The molecule has 6 heteroatoms. The maximum atomic E-state index is 12.6. The van der Waals surface area contributed by atoms with Gasteiger partial charge in [-0.1, -0.05) is 44.2 Å². The summed E-state index contributed by atoms with van der Waals surface area (Å²) in [5, 5.41) is 20.5. The summed E-state index contributed by atoms with van der Waals surface area (Å²) < 4.78 is 0. The summed E-state index contributed by atoms with van der Waals surface area (Å²) in [6, 6.07) is 18.2. The molecule has 0 aliphatic carbocycles. The van der Waals surface area contributed by atoms with Gasteiger partial charge in [0.25, 0.3) is 5.91 Å². The molecule has 156 valence electrons. The van der Waals surface area contributed by atoms with Crippen LogP contribution in [0.1, 0.15) is 24.2 Å². The number of carbonyl (C=O) groups is 1. The van der Waals surface area contributed by atoms with Crippen molar-refractivity contribution in [1.29, 1.82) is 0 Å². The van der Waals surface area contributed by atoms with Crippen molar-refractivity contribution in [2.24, 2.45) is 10.2 Å². The van der Waals surface area contributed by atoms with Crippen LogP contribution in [0.4, 0.5) is 11.4 Å². The maximum Gasteiger partial charge on any atom is 0.253 e. The Hall–Kier alpha value is -3.25. The van der Waals surface area contributed by atoms with Crippen molar-refractivity contribution in [3.63, 3.8) is 0 Å². The molecule has 3 rings (SSSR count). The second kappa shape index (κ2) is 9.98. The van der Waals surface area contributed by atoms with Gasteiger partial charge in [-0.05, 0) is 48.8 Å². The van der Waals surface area contributed by atoms with E-state index in [0.29, 0.717) is 23.5 Å². The van der Waals surface area contributed by atoms with Gasteiger partial charge in [0.05, 0.1) is 5.69 Å². The molecule has 0 aromatic heterocycles. The van der Waals surface area contributed by atoms with E-state index in [1.54, 1.807) is 35.2 Å². The summed E-state index contributed by atoms with van der Waals surface area (Å²) in [4.78, 5) is 16.7. The number of hydrogen-bond acceptors (Lipinski definition) is 5. The highest BCUT2D eigenvalue weighted by Gasteiger charge is 2.12. The summed E-state index contributed by atoms with van der Waals surface area (Å²) in [5.74, 6) is 0.0661. The highest BCUT2D eigenvalue weighted by molar-refractivity contribution is 5.95. The minimum atomic E-state index is -0.0163. The molecule has 0 unspecified atom stereocenters. The fourth-order valence-corrected chi connectivity index (χ4v) is 3.28. The van der Waals surface area contributed by atoms with Crippen LogP contribution in [0.3, 0.4) is 0 Å². The summed E-state index contributed by atoms with van der Waals surface area (Å²) in [5.41, 5.74) is 1.66. The predicted octanol–water partition coefficient (Wildman–Crippen LogP) is 5.37. The first-order chi connectivity index (χ1) is 14.5. The molecule has 0 radical (unpaired) electrons. The van der Waals surface area contributed by atoms with Crippen LogP contribution in [0.2, 0.25) is 0 Å². The number of nitrogens with zero attached hydrogens (tertiary/aromatic N) is 4. The fourth-order valence-electron chi connectivity index (χ4n) is 3.28. The summed E-state index contributed by atoms with van der Waals surface area (Å²) in [6.45, 7) is 7.74. The van der Waals surface area contributed by atoms with Crippen LogP contribution >= 0.6 is 0 Å². The Balaban J connectivity index is 1.71. The number of amides is 1. The molecule has 0 spiro atoms. The van der Waals surface area contributed by atoms with Gasteiger partial charge in [0, 0.05) is 31.1 Å². The van der Waals surface area contributed by atoms with Gasteiger partial charge in [0.15, 0.2) is 0 Å². The molecule has 0 heterocycles. The molecule has 0 fully saturated rings. The normalized spacial score (nSPS) is 11.5. The Morgan fingerprint density at radius 2 is 1.60 bits per heavy atom. The van der Waals surface area contributed by atoms with Crippen molar-refractivity contribution >= 4 is 28.1 Å². The molecule has 1 amide bonds. The number of rotatable bonds is 8. The topological polar surface area (TPSA) is 68.5 Å². The highest BCUT2D eigenvalue weighted by Crippen LogP contribution is 2.35. The minimum Gasteiger partial charge on any atom is -0.506 e. The van der Waals surface area contributed by atoms with Gasteiger partial charge in [-0.25, -0.2) is 0 Å². The first-order valence-corrected chi connectivity index (χ1v) is 10.2. The maximum absolute atomic E-state index is 12.6. The van der Waals surface area contributed by atoms with E-state index in [2.05, 4.69) is 29.0 Å². The number of phenols is 1. The lowest BCUT2D eigenvalue weighted by atomic mass is 10.1. The molecule has 3 aromatic carbocycles. The number of hydrogen-bond donors (Lipinski definition) is 1. The zero-order chi connectivity index (χ0) is 21.5. The zero-order valence-electron chi connectivity index (χ0n) is 17.7. The van der Waals surface area contributed by atoms with Gasteiger partial charge in [-0.15, -0.1) is 5.11 Å². The Bertz CT molecular complexity index is 1030. The van der Waals surface area contributed by atoms with Gasteiger partial charge in [0.2, 0.25) is 0 Å². The van der Waals surface area contributed by atoms with Crippen molar-refractivity contribution < 1.29 is 9.90 Å². The lowest BCUT2D eigenvalue weighted by molar-refractivity contribution is 0.0780. The minimum absolute atomic E-state index is 0.0163. The van der Waals surface area contributed by atoms with E-state index in [9.17, 15) is 9.90 Å². The number of phenolic OH excluding ortho intramolecular Hbond substituents is 1. The van der Waals surface area contributed by atoms with Crippen LogP contribution in [-0.4, -0.2) is 54.0 Å². The van der Waals surface area contributed by atoms with E-state index in [0.717, 1.165) is 30.4 Å². The summed E-state index contributed by atoms with van der Waals surface area (Å²) in [7, 11) is 1.82. The highest BCUT2D eigenvalue weighted by atomic mass is 16.3. The third kappa shape index (κ3) is 5.02. The van der Waals surface area contributed by atoms with Gasteiger partial charge in [0.1, 0.15) is 11.4 Å². The lowest BCUT2D eigenvalue weighted by Gasteiger charge is -2.23. The quantitative estimate of drug-likeness (QED) is 0.513. The molecule has 6 nitrogen and oxygen atoms in total. The standard InChI is InChI=1S/C24H28N4O2/c1-4-28(5-2)17-16-27(3)24(30)19-10-13-20(14-11-19)25-26-23-21-9-7-6-8-18(21)12-15-22(23)29/h6-15,29H,4-5,16-17H2,1-3H3. The van der Waals surface area contributed by atoms with Crippen LogP contribution in [0.5, 0.6) is 5.75 Å². The molecule has 0 saturated heterocycles. The number of likely N-dealkylation sites (N-methyl/N-ethyl adjacent to an activating group) is 2. The average molecular weight is 405 g/mol. The monoisotopic (exact) mass is 404 g/mol. The Labute approximate surface area is 177 Å². The van der Waals surface area contributed by atoms with E-state index >= 15 is 0 Å². The molecule has 0 atom stereocenters. The van der Waals surface area contributed by atoms with Crippen LogP contribution < -0.4 is 0 Å². The van der Waals surface area contributed by atoms with Gasteiger partial charge < -0.3 is 14.9 Å². The van der Waals surface area contributed by atoms with E-state index in [1.807, 2.05) is 37.4 Å². The van der Waals surface area contributed by atoms with E-state index in [-0.39, 0.29) is 11.7 Å². The number of benzene rings is 3. The van der Waals surface area contributed by atoms with Crippen molar-refractivity contribution in [1.82, 2.24) is 9.80 Å². The zero-order valence-corrected chi connectivity index (χ0v) is 17.7. The second-order valence-corrected chi connectivity index (χ2v) is 7.15. The number of fused-ring (bicyclic) bond motifs is 1. The smallest absolute Gasteiger partial charge is 0.253 e. The number of azo groups is 1. The van der Waals surface area contributed by atoms with Crippen molar-refractivity contribution in [2.45, 2.75) is 13.8 Å². The molecule has 0 aliphatic rings. The van der Waals surface area contributed by atoms with Gasteiger partial charge >= 0.3 is 0 Å². The first kappa shape index (κ1) is 21.5. The number of aromatic hydroxyl groups is 1. The molecular weight excluding hydrogens is 376 g/mol. The third-order valence-corrected chi connectivity index (χ3v) is 5.25. The van der Waals surface area contributed by atoms with Crippen LogP contribution in [0.25, 0.3) is 10.8 Å². The SMILES string of the molecule is CCN(CC)CCN(C)C(=O)c1ccc(N=Nc2c(O)ccc3ccccc23)cc1. The van der Waals surface area contributed by atoms with Crippen molar-refractivity contribution in [3.8, 4) is 5.75 Å². The summed E-state index contributed by atoms with van der Waals surface area (Å²) >= 11 is 0. The Morgan fingerprint density at radius 3 is 2.30 bits per heavy atom. The third-order valence-electron chi connectivity index (χ3n) is 5.25. The lowest BCUT2D eigenvalue weighted by Crippen LogP contribution is -2.36. The predicted molar refractivity (Wildman–Crippen MR) is 121 cm³/mol. The second-order valence-electron chi connectivity index (χ2n) is 7.15. The van der Waals surface area contributed by atoms with E-state index in [1.165, 1.54) is 0 Å². The van der Waals surface area contributed by atoms with Crippen LogP contribution in [0.15, 0.2) is 70.9 Å². The molecule has 30 heavy (non-hydrogen) atoms. The number of carbonyl (C=O) groups excluding carboxylic acids is 1. The van der Waals surface area contributed by atoms with Crippen molar-refractivity contribution in [2.75, 3.05) is 33.2 Å². The molecule has 0 saturated carbocycles. The molecule has 0 aliphatic heterocycles. The van der Waals surface area contributed by atoms with Crippen LogP contribution in [0, 0.1) is 0 Å². The van der Waals surface area contributed by atoms with Crippen LogP contribution in [-0.2, 0) is 0 Å². The Morgan fingerprint density at radius 1 is 0.900 bits per heavy atom. The van der Waals surface area contributed by atoms with E-state index in [4.69, 9.17) is 0 Å². The molecule has 1 N–H and O–H groups in total. The van der Waals surface area contributed by atoms with Gasteiger partial charge in [-0.2, -0.15) is 5.11 Å². The first-order valence-electron chi connectivity index (χ1n) is 10.2. The largest absolute Gasteiger partial charge is 0.506 e. The van der Waals surface area contributed by atoms with Crippen molar-refractivity contribution in [3.05, 3.63) is 66.2 Å². The summed E-state index contributed by atoms with van der Waals surface area (Å²) in [6.07, 6.45) is 0. The fraction of sp³-hybridized carbons (Fsp3) is 0.292. The van der Waals surface area contributed by atoms with Gasteiger partial charge in [-0.3, -0.25) is 4.79 Å². The molecule has 0 bridgehead atoms.